The van der Waals surface area contributed by atoms with Gasteiger partial charge in [-0.3, -0.25) is 0 Å². The monoisotopic (exact) mass is 272 g/mol. The van der Waals surface area contributed by atoms with Gasteiger partial charge in [0.2, 0.25) is 0 Å². The predicted octanol–water partition coefficient (Wildman–Crippen LogP) is 3.79. The summed E-state index contributed by atoms with van der Waals surface area (Å²) in [7, 11) is 0. The Labute approximate surface area is 106 Å². The zero-order valence-corrected chi connectivity index (χ0v) is 10.7. The standard InChI is InChI=1S/C12H11F3N2S/c1-6-7(2)18-11(17-6)5-16-8-3-9(13)12(15)10(14)4-8/h3-4,16H,5H2,1-2H3. The number of hydrogen-bond acceptors (Lipinski definition) is 3. The Morgan fingerprint density at radius 3 is 2.28 bits per heavy atom. The molecule has 1 N–H and O–H groups in total. The summed E-state index contributed by atoms with van der Waals surface area (Å²) in [5, 5.41) is 3.63. The van der Waals surface area contributed by atoms with Crippen molar-refractivity contribution in [1.29, 1.82) is 0 Å². The van der Waals surface area contributed by atoms with E-state index in [-0.39, 0.29) is 5.69 Å². The largest absolute Gasteiger partial charge is 0.378 e. The molecule has 0 saturated carbocycles. The zero-order valence-electron chi connectivity index (χ0n) is 9.85. The van der Waals surface area contributed by atoms with Crippen LogP contribution in [-0.4, -0.2) is 4.98 Å². The Morgan fingerprint density at radius 1 is 1.17 bits per heavy atom. The van der Waals surface area contributed by atoms with Crippen molar-refractivity contribution in [2.24, 2.45) is 0 Å². The van der Waals surface area contributed by atoms with E-state index in [1.165, 1.54) is 11.3 Å². The van der Waals surface area contributed by atoms with Crippen LogP contribution in [0.15, 0.2) is 12.1 Å². The van der Waals surface area contributed by atoms with Gasteiger partial charge in [-0.1, -0.05) is 0 Å². The van der Waals surface area contributed by atoms with E-state index in [4.69, 9.17) is 0 Å². The van der Waals surface area contributed by atoms with E-state index in [0.29, 0.717) is 6.54 Å². The molecule has 1 aromatic carbocycles. The Hall–Kier alpha value is -1.56. The van der Waals surface area contributed by atoms with Crippen LogP contribution in [0.2, 0.25) is 0 Å². The molecule has 0 saturated heterocycles. The van der Waals surface area contributed by atoms with Crippen molar-refractivity contribution in [1.82, 2.24) is 4.98 Å². The quantitative estimate of drug-likeness (QED) is 0.860. The normalized spacial score (nSPS) is 10.7. The molecule has 0 fully saturated rings. The SMILES string of the molecule is Cc1nc(CNc2cc(F)c(F)c(F)c2)sc1C. The highest BCUT2D eigenvalue weighted by molar-refractivity contribution is 7.11. The van der Waals surface area contributed by atoms with Gasteiger partial charge in [0, 0.05) is 22.7 Å². The van der Waals surface area contributed by atoms with E-state index >= 15 is 0 Å². The number of hydrogen-bond donors (Lipinski definition) is 1. The summed E-state index contributed by atoms with van der Waals surface area (Å²) in [6.07, 6.45) is 0. The van der Waals surface area contributed by atoms with Gasteiger partial charge in [-0.05, 0) is 13.8 Å². The molecule has 1 aromatic heterocycles. The minimum atomic E-state index is -1.46. The number of thiazole rings is 1. The highest BCUT2D eigenvalue weighted by Crippen LogP contribution is 2.20. The zero-order chi connectivity index (χ0) is 13.3. The molecule has 1 heterocycles. The number of halogens is 3. The van der Waals surface area contributed by atoms with Crippen molar-refractivity contribution >= 4 is 17.0 Å². The summed E-state index contributed by atoms with van der Waals surface area (Å²) in [6.45, 7) is 4.20. The van der Waals surface area contributed by atoms with Crippen LogP contribution in [0.4, 0.5) is 18.9 Å². The maximum atomic E-state index is 13.0. The average molecular weight is 272 g/mol. The molecule has 0 spiro atoms. The first kappa shape index (κ1) is 12.9. The third-order valence-corrected chi connectivity index (χ3v) is 3.57. The lowest BCUT2D eigenvalue weighted by atomic mass is 10.3. The molecule has 2 rings (SSSR count). The van der Waals surface area contributed by atoms with Gasteiger partial charge in [-0.15, -0.1) is 11.3 Å². The molecular formula is C12H11F3N2S. The highest BCUT2D eigenvalue weighted by atomic mass is 32.1. The second kappa shape index (κ2) is 4.97. The third kappa shape index (κ3) is 2.64. The van der Waals surface area contributed by atoms with Gasteiger partial charge in [0.25, 0.3) is 0 Å². The van der Waals surface area contributed by atoms with Crippen LogP contribution in [0.25, 0.3) is 0 Å². The number of aryl methyl sites for hydroxylation is 2. The van der Waals surface area contributed by atoms with Crippen molar-refractivity contribution in [3.05, 3.63) is 45.2 Å². The Balaban J connectivity index is 2.11. The second-order valence-electron chi connectivity index (χ2n) is 3.86. The molecule has 0 bridgehead atoms. The Bertz CT molecular complexity index is 538. The molecule has 0 aliphatic heterocycles. The maximum absolute atomic E-state index is 13.0. The van der Waals surface area contributed by atoms with E-state index in [2.05, 4.69) is 10.3 Å². The summed E-state index contributed by atoms with van der Waals surface area (Å²) in [6, 6.07) is 1.84. The molecule has 96 valence electrons. The maximum Gasteiger partial charge on any atom is 0.194 e. The summed E-state index contributed by atoms with van der Waals surface area (Å²) in [5.74, 6) is -3.87. The van der Waals surface area contributed by atoms with Gasteiger partial charge in [-0.25, -0.2) is 18.2 Å². The van der Waals surface area contributed by atoms with Crippen LogP contribution in [0.5, 0.6) is 0 Å². The van der Waals surface area contributed by atoms with Crippen molar-refractivity contribution in [3.8, 4) is 0 Å². The topological polar surface area (TPSA) is 24.9 Å². The summed E-state index contributed by atoms with van der Waals surface area (Å²) in [5.41, 5.74) is 1.13. The van der Waals surface area contributed by atoms with Crippen LogP contribution >= 0.6 is 11.3 Å². The molecule has 2 nitrogen and oxygen atoms in total. The first-order valence-corrected chi connectivity index (χ1v) is 6.10. The van der Waals surface area contributed by atoms with Crippen LogP contribution in [0.3, 0.4) is 0 Å². The van der Waals surface area contributed by atoms with Crippen LogP contribution in [0.1, 0.15) is 15.6 Å². The van der Waals surface area contributed by atoms with Gasteiger partial charge in [0.15, 0.2) is 17.5 Å². The van der Waals surface area contributed by atoms with Crippen molar-refractivity contribution < 1.29 is 13.2 Å². The third-order valence-electron chi connectivity index (χ3n) is 2.50. The number of aromatic nitrogens is 1. The van der Waals surface area contributed by atoms with E-state index in [9.17, 15) is 13.2 Å². The second-order valence-corrected chi connectivity index (χ2v) is 5.14. The smallest absolute Gasteiger partial charge is 0.194 e. The summed E-state index contributed by atoms with van der Waals surface area (Å²) < 4.78 is 38.7. The van der Waals surface area contributed by atoms with Crippen LogP contribution < -0.4 is 5.32 Å². The minimum Gasteiger partial charge on any atom is -0.378 e. The van der Waals surface area contributed by atoms with Crippen LogP contribution in [-0.2, 0) is 6.54 Å². The number of benzene rings is 1. The lowest BCUT2D eigenvalue weighted by Crippen LogP contribution is -2.01. The van der Waals surface area contributed by atoms with E-state index in [1.807, 2.05) is 13.8 Å². The molecule has 0 radical (unpaired) electrons. The van der Waals surface area contributed by atoms with Gasteiger partial charge >= 0.3 is 0 Å². The summed E-state index contributed by atoms with van der Waals surface area (Å²) in [4.78, 5) is 5.38. The lowest BCUT2D eigenvalue weighted by molar-refractivity contribution is 0.447. The van der Waals surface area contributed by atoms with Gasteiger partial charge in [-0.2, -0.15) is 0 Å². The van der Waals surface area contributed by atoms with Crippen LogP contribution in [0, 0.1) is 31.3 Å². The molecule has 0 amide bonds. The lowest BCUT2D eigenvalue weighted by Gasteiger charge is -2.05. The molecule has 6 heteroatoms. The van der Waals surface area contributed by atoms with Gasteiger partial charge in [0.05, 0.1) is 12.2 Å². The molecular weight excluding hydrogens is 261 g/mol. The Kier molecular flexibility index (Phi) is 3.56. The van der Waals surface area contributed by atoms with Gasteiger partial charge < -0.3 is 5.32 Å². The molecule has 2 aromatic rings. The Morgan fingerprint density at radius 2 is 1.78 bits per heavy atom. The molecule has 0 unspecified atom stereocenters. The van der Waals surface area contributed by atoms with Crippen molar-refractivity contribution in [3.63, 3.8) is 0 Å². The van der Waals surface area contributed by atoms with E-state index in [0.717, 1.165) is 27.7 Å². The predicted molar refractivity (Wildman–Crippen MR) is 65.2 cm³/mol. The fourth-order valence-corrected chi connectivity index (χ4v) is 2.32. The first-order valence-electron chi connectivity index (χ1n) is 5.28. The number of nitrogens with one attached hydrogen (secondary N) is 1. The average Bonchev–Trinajstić information content (AvgIpc) is 2.63. The number of rotatable bonds is 3. The minimum absolute atomic E-state index is 0.192. The molecule has 0 aliphatic rings. The first-order chi connectivity index (χ1) is 8.47. The number of nitrogens with zero attached hydrogens (tertiary/aromatic N) is 1. The molecule has 18 heavy (non-hydrogen) atoms. The van der Waals surface area contributed by atoms with Crippen molar-refractivity contribution in [2.75, 3.05) is 5.32 Å². The highest BCUT2D eigenvalue weighted by Gasteiger charge is 2.10. The molecule has 0 atom stereocenters. The summed E-state index contributed by atoms with van der Waals surface area (Å²) >= 11 is 1.51. The van der Waals surface area contributed by atoms with Gasteiger partial charge in [0.1, 0.15) is 5.01 Å². The van der Waals surface area contributed by atoms with E-state index < -0.39 is 17.5 Å². The molecule has 0 aliphatic carbocycles. The van der Waals surface area contributed by atoms with Crippen molar-refractivity contribution in [2.45, 2.75) is 20.4 Å². The number of anilines is 1. The van der Waals surface area contributed by atoms with E-state index in [1.54, 1.807) is 0 Å². The fourth-order valence-electron chi connectivity index (χ4n) is 1.45. The fraction of sp³-hybridized carbons (Fsp3) is 0.250.